The lowest BCUT2D eigenvalue weighted by Gasteiger charge is -2.26. The van der Waals surface area contributed by atoms with E-state index in [4.69, 9.17) is 4.74 Å². The first kappa shape index (κ1) is 20.6. The van der Waals surface area contributed by atoms with E-state index in [-0.39, 0.29) is 17.2 Å². The van der Waals surface area contributed by atoms with E-state index in [1.807, 2.05) is 34.6 Å². The quantitative estimate of drug-likeness (QED) is 0.612. The predicted molar refractivity (Wildman–Crippen MR) is 111 cm³/mol. The molecule has 0 bridgehead atoms. The van der Waals surface area contributed by atoms with E-state index in [0.29, 0.717) is 23.1 Å². The molecule has 3 aromatic rings. The van der Waals surface area contributed by atoms with Crippen LogP contribution in [0.4, 0.5) is 0 Å². The molecule has 0 saturated carbocycles. The Bertz CT molecular complexity index is 1070. The van der Waals surface area contributed by atoms with E-state index in [1.54, 1.807) is 42.9 Å². The predicted octanol–water partition coefficient (Wildman–Crippen LogP) is 3.78. The number of ether oxygens (including phenoxy) is 1. The van der Waals surface area contributed by atoms with Gasteiger partial charge >= 0.3 is 5.97 Å². The fourth-order valence-corrected chi connectivity index (χ4v) is 3.14. The molecule has 7 heteroatoms. The van der Waals surface area contributed by atoms with E-state index in [2.05, 4.69) is 15.0 Å². The molecule has 0 unspecified atom stereocenters. The van der Waals surface area contributed by atoms with Crippen LogP contribution in [-0.2, 0) is 9.53 Å². The number of carbonyl (C=O) groups is 1. The highest BCUT2D eigenvalue weighted by Gasteiger charge is 2.31. The summed E-state index contributed by atoms with van der Waals surface area (Å²) in [7, 11) is 0. The Hall–Kier alpha value is -3.09. The number of hydrogen-bond acceptors (Lipinski definition) is 6. The molecular formula is C22H26N4O3. The largest absolute Gasteiger partial charge is 0.458 e. The van der Waals surface area contributed by atoms with Crippen molar-refractivity contribution < 1.29 is 9.53 Å². The van der Waals surface area contributed by atoms with Gasteiger partial charge < -0.3 is 4.74 Å². The molecular weight excluding hydrogens is 368 g/mol. The number of aromatic nitrogens is 4. The maximum Gasteiger partial charge on any atom is 0.329 e. The van der Waals surface area contributed by atoms with Crippen LogP contribution in [0.25, 0.3) is 22.4 Å². The summed E-state index contributed by atoms with van der Waals surface area (Å²) in [6, 6.07) is 6.24. The van der Waals surface area contributed by atoms with Crippen LogP contribution in [0.15, 0.2) is 47.7 Å². The monoisotopic (exact) mass is 394 g/mol. The van der Waals surface area contributed by atoms with E-state index in [0.717, 1.165) is 0 Å². The minimum atomic E-state index is -0.808. The zero-order valence-electron chi connectivity index (χ0n) is 17.4. The second-order valence-corrected chi connectivity index (χ2v) is 8.40. The van der Waals surface area contributed by atoms with E-state index >= 15 is 0 Å². The summed E-state index contributed by atoms with van der Waals surface area (Å²) in [5.74, 6) is -0.295. The molecule has 1 atom stereocenters. The van der Waals surface area contributed by atoms with Crippen LogP contribution in [-0.4, -0.2) is 31.1 Å². The Balaban J connectivity index is 2.28. The minimum Gasteiger partial charge on any atom is -0.458 e. The molecule has 0 fully saturated rings. The Labute approximate surface area is 169 Å². The molecule has 0 aliphatic rings. The van der Waals surface area contributed by atoms with Crippen LogP contribution >= 0.6 is 0 Å². The number of pyridine rings is 2. The topological polar surface area (TPSA) is 87.0 Å². The van der Waals surface area contributed by atoms with Crippen molar-refractivity contribution in [3.8, 4) is 11.3 Å². The van der Waals surface area contributed by atoms with Crippen molar-refractivity contribution in [2.24, 2.45) is 5.92 Å². The molecule has 0 aromatic carbocycles. The SMILES string of the molecule is CC(C)C[C@@H](C(=O)OC(C)(C)C)n1c(=O)c(-c2cccnc2)nc2cccnc21. The zero-order chi connectivity index (χ0) is 21.2. The van der Waals surface area contributed by atoms with Gasteiger partial charge in [0.2, 0.25) is 0 Å². The first-order valence-corrected chi connectivity index (χ1v) is 9.68. The summed E-state index contributed by atoms with van der Waals surface area (Å²) in [4.78, 5) is 39.6. The van der Waals surface area contributed by atoms with Crippen LogP contribution < -0.4 is 5.56 Å². The van der Waals surface area contributed by atoms with Gasteiger partial charge in [-0.1, -0.05) is 13.8 Å². The molecule has 0 N–H and O–H groups in total. The van der Waals surface area contributed by atoms with Gasteiger partial charge in [0.05, 0.1) is 0 Å². The van der Waals surface area contributed by atoms with Crippen molar-refractivity contribution in [3.05, 3.63) is 53.2 Å². The first-order valence-electron chi connectivity index (χ1n) is 9.68. The molecule has 3 rings (SSSR count). The van der Waals surface area contributed by atoms with Gasteiger partial charge in [0.1, 0.15) is 22.9 Å². The van der Waals surface area contributed by atoms with Crippen LogP contribution in [0.3, 0.4) is 0 Å². The van der Waals surface area contributed by atoms with Crippen LogP contribution in [0.1, 0.15) is 47.1 Å². The van der Waals surface area contributed by atoms with Crippen molar-refractivity contribution in [1.82, 2.24) is 19.5 Å². The lowest BCUT2D eigenvalue weighted by Crippen LogP contribution is -2.37. The van der Waals surface area contributed by atoms with Crippen LogP contribution in [0.2, 0.25) is 0 Å². The summed E-state index contributed by atoms with van der Waals surface area (Å²) in [6.45, 7) is 9.43. The lowest BCUT2D eigenvalue weighted by molar-refractivity contribution is -0.159. The highest BCUT2D eigenvalue weighted by molar-refractivity contribution is 5.80. The van der Waals surface area contributed by atoms with Crippen LogP contribution in [0.5, 0.6) is 0 Å². The number of esters is 1. The third-order valence-corrected chi connectivity index (χ3v) is 4.27. The Morgan fingerprint density at radius 2 is 1.90 bits per heavy atom. The third kappa shape index (κ3) is 4.67. The number of carbonyl (C=O) groups excluding carboxylic acids is 1. The molecule has 0 aliphatic heterocycles. The zero-order valence-corrected chi connectivity index (χ0v) is 17.4. The maximum absolute atomic E-state index is 13.5. The number of hydrogen-bond donors (Lipinski definition) is 0. The highest BCUT2D eigenvalue weighted by Crippen LogP contribution is 2.25. The van der Waals surface area contributed by atoms with Crippen LogP contribution in [0, 0.1) is 5.92 Å². The molecule has 0 aliphatic carbocycles. The molecule has 0 radical (unpaired) electrons. The Morgan fingerprint density at radius 3 is 2.52 bits per heavy atom. The number of nitrogens with zero attached hydrogens (tertiary/aromatic N) is 4. The highest BCUT2D eigenvalue weighted by atomic mass is 16.6. The van der Waals surface area contributed by atoms with E-state index in [9.17, 15) is 9.59 Å². The van der Waals surface area contributed by atoms with Crippen molar-refractivity contribution in [2.75, 3.05) is 0 Å². The molecule has 29 heavy (non-hydrogen) atoms. The third-order valence-electron chi connectivity index (χ3n) is 4.27. The summed E-state index contributed by atoms with van der Waals surface area (Å²) < 4.78 is 7.07. The fourth-order valence-electron chi connectivity index (χ4n) is 3.14. The smallest absolute Gasteiger partial charge is 0.329 e. The van der Waals surface area contributed by atoms with Gasteiger partial charge in [0.25, 0.3) is 5.56 Å². The summed E-state index contributed by atoms with van der Waals surface area (Å²) in [5, 5.41) is 0. The molecule has 3 aromatic heterocycles. The number of rotatable bonds is 5. The molecule has 0 spiro atoms. The molecule has 7 nitrogen and oxygen atoms in total. The standard InChI is InChI=1S/C22H26N4O3/c1-14(2)12-17(21(28)29-22(3,4)5)26-19-16(9-7-11-24-19)25-18(20(26)27)15-8-6-10-23-13-15/h6-11,13-14,17H,12H2,1-5H3/t17-/m0/s1. The van der Waals surface area contributed by atoms with Crippen molar-refractivity contribution in [1.29, 1.82) is 0 Å². The van der Waals surface area contributed by atoms with Gasteiger partial charge in [-0.3, -0.25) is 14.3 Å². The van der Waals surface area contributed by atoms with Crippen molar-refractivity contribution in [2.45, 2.75) is 52.7 Å². The molecule has 152 valence electrons. The van der Waals surface area contributed by atoms with Gasteiger partial charge in [-0.2, -0.15) is 0 Å². The van der Waals surface area contributed by atoms with Gasteiger partial charge in [-0.05, 0) is 57.4 Å². The second kappa shape index (κ2) is 8.11. The second-order valence-electron chi connectivity index (χ2n) is 8.40. The first-order chi connectivity index (χ1) is 13.7. The average Bonchev–Trinajstić information content (AvgIpc) is 2.65. The van der Waals surface area contributed by atoms with Crippen molar-refractivity contribution >= 4 is 17.1 Å². The normalized spacial score (nSPS) is 12.9. The van der Waals surface area contributed by atoms with Crippen molar-refractivity contribution in [3.63, 3.8) is 0 Å². The summed E-state index contributed by atoms with van der Waals surface area (Å²) in [5.41, 5.74) is 0.657. The van der Waals surface area contributed by atoms with E-state index in [1.165, 1.54) is 4.57 Å². The molecule has 3 heterocycles. The number of fused-ring (bicyclic) bond motifs is 1. The van der Waals surface area contributed by atoms with Gasteiger partial charge in [-0.25, -0.2) is 14.8 Å². The van der Waals surface area contributed by atoms with Gasteiger partial charge in [-0.15, -0.1) is 0 Å². The average molecular weight is 394 g/mol. The summed E-state index contributed by atoms with van der Waals surface area (Å²) in [6.07, 6.45) is 5.25. The lowest BCUT2D eigenvalue weighted by atomic mass is 10.0. The maximum atomic E-state index is 13.5. The molecule has 0 amide bonds. The summed E-state index contributed by atoms with van der Waals surface area (Å²) >= 11 is 0. The Morgan fingerprint density at radius 1 is 1.17 bits per heavy atom. The fraction of sp³-hybridized carbons (Fsp3) is 0.409. The molecule has 0 saturated heterocycles. The van der Waals surface area contributed by atoms with E-state index < -0.39 is 17.6 Å². The Kier molecular flexibility index (Phi) is 5.77. The van der Waals surface area contributed by atoms with Gasteiger partial charge in [0, 0.05) is 24.2 Å². The van der Waals surface area contributed by atoms with Gasteiger partial charge in [0.15, 0.2) is 5.65 Å². The minimum absolute atomic E-state index is 0.160.